The molecule has 0 aromatic heterocycles. The number of hydrogen-bond acceptors (Lipinski definition) is 4. The molecule has 1 atom stereocenters. The summed E-state index contributed by atoms with van der Waals surface area (Å²) in [4.78, 5) is 24.2. The number of amides is 1. The SMILES string of the molecule is C#CCNCC(=O)N1CCSCC1CC(=O)O. The normalized spacial score (nSPS) is 19.7. The Kier molecular flexibility index (Phi) is 5.87. The predicted octanol–water partition coefficient (Wildman–Crippen LogP) is -0.372. The lowest BCUT2D eigenvalue weighted by molar-refractivity contribution is -0.140. The zero-order valence-electron chi connectivity index (χ0n) is 9.52. The second kappa shape index (κ2) is 7.20. The van der Waals surface area contributed by atoms with Crippen LogP contribution in [0.25, 0.3) is 0 Å². The molecular formula is C11H16N2O3S. The molecular weight excluding hydrogens is 240 g/mol. The van der Waals surface area contributed by atoms with Gasteiger partial charge in [0.15, 0.2) is 0 Å². The average Bonchev–Trinajstić information content (AvgIpc) is 2.29. The van der Waals surface area contributed by atoms with E-state index in [1.54, 1.807) is 16.7 Å². The van der Waals surface area contributed by atoms with Gasteiger partial charge in [0, 0.05) is 18.1 Å². The molecule has 2 N–H and O–H groups in total. The van der Waals surface area contributed by atoms with E-state index in [2.05, 4.69) is 11.2 Å². The van der Waals surface area contributed by atoms with Gasteiger partial charge in [0.2, 0.25) is 5.91 Å². The summed E-state index contributed by atoms with van der Waals surface area (Å²) in [5.74, 6) is 2.99. The number of nitrogens with one attached hydrogen (secondary N) is 1. The molecule has 0 bridgehead atoms. The van der Waals surface area contributed by atoms with Gasteiger partial charge in [-0.2, -0.15) is 11.8 Å². The van der Waals surface area contributed by atoms with Gasteiger partial charge in [-0.25, -0.2) is 0 Å². The number of nitrogens with zero attached hydrogens (tertiary/aromatic N) is 1. The second-order valence-electron chi connectivity index (χ2n) is 3.72. The molecule has 17 heavy (non-hydrogen) atoms. The highest BCUT2D eigenvalue weighted by atomic mass is 32.2. The Labute approximate surface area is 105 Å². The van der Waals surface area contributed by atoms with Gasteiger partial charge in [0.25, 0.3) is 0 Å². The Hall–Kier alpha value is -1.19. The van der Waals surface area contributed by atoms with E-state index >= 15 is 0 Å². The summed E-state index contributed by atoms with van der Waals surface area (Å²) in [5, 5.41) is 11.6. The number of carboxylic acids is 1. The molecule has 0 radical (unpaired) electrons. The van der Waals surface area contributed by atoms with Crippen molar-refractivity contribution in [3.63, 3.8) is 0 Å². The van der Waals surface area contributed by atoms with E-state index in [1.807, 2.05) is 0 Å². The minimum absolute atomic E-state index is 0.00782. The molecule has 0 aromatic carbocycles. The summed E-state index contributed by atoms with van der Waals surface area (Å²) in [5.41, 5.74) is 0. The van der Waals surface area contributed by atoms with Crippen LogP contribution in [-0.4, -0.2) is 59.1 Å². The molecule has 0 aliphatic carbocycles. The van der Waals surface area contributed by atoms with Gasteiger partial charge in [-0.1, -0.05) is 5.92 Å². The Morgan fingerprint density at radius 1 is 1.59 bits per heavy atom. The molecule has 1 aliphatic heterocycles. The molecule has 1 amide bonds. The molecule has 1 aliphatic rings. The van der Waals surface area contributed by atoms with Crippen molar-refractivity contribution >= 4 is 23.6 Å². The maximum Gasteiger partial charge on any atom is 0.305 e. The third-order valence-corrected chi connectivity index (χ3v) is 3.55. The number of thioether (sulfide) groups is 1. The van der Waals surface area contributed by atoms with Crippen LogP contribution >= 0.6 is 11.8 Å². The van der Waals surface area contributed by atoms with Gasteiger partial charge in [-0.05, 0) is 0 Å². The first-order valence-corrected chi connectivity index (χ1v) is 6.53. The van der Waals surface area contributed by atoms with Crippen LogP contribution in [-0.2, 0) is 9.59 Å². The van der Waals surface area contributed by atoms with Gasteiger partial charge in [0.1, 0.15) is 0 Å². The third-order valence-electron chi connectivity index (χ3n) is 2.46. The summed E-state index contributed by atoms with van der Waals surface area (Å²) < 4.78 is 0. The standard InChI is InChI=1S/C11H16N2O3S/c1-2-3-12-7-10(14)13-4-5-17-8-9(13)6-11(15)16/h1,9,12H,3-8H2,(H,15,16). The highest BCUT2D eigenvalue weighted by molar-refractivity contribution is 7.99. The lowest BCUT2D eigenvalue weighted by Crippen LogP contribution is -2.50. The molecule has 6 heteroatoms. The summed E-state index contributed by atoms with van der Waals surface area (Å²) in [6.07, 6.45) is 5.08. The number of carbonyl (C=O) groups is 2. The molecule has 0 aromatic rings. The predicted molar refractivity (Wildman–Crippen MR) is 66.8 cm³/mol. The number of rotatable bonds is 5. The molecule has 1 rings (SSSR count). The molecule has 94 valence electrons. The maximum absolute atomic E-state index is 11.9. The van der Waals surface area contributed by atoms with E-state index in [0.717, 1.165) is 5.75 Å². The molecule has 1 fully saturated rings. The average molecular weight is 256 g/mol. The zero-order chi connectivity index (χ0) is 12.7. The van der Waals surface area contributed by atoms with Crippen molar-refractivity contribution in [3.05, 3.63) is 0 Å². The highest BCUT2D eigenvalue weighted by Crippen LogP contribution is 2.18. The van der Waals surface area contributed by atoms with Crippen LogP contribution in [0, 0.1) is 12.3 Å². The number of carboxylic acid groups (broad SMARTS) is 1. The minimum Gasteiger partial charge on any atom is -0.481 e. The first-order valence-electron chi connectivity index (χ1n) is 5.38. The van der Waals surface area contributed by atoms with E-state index < -0.39 is 5.97 Å². The maximum atomic E-state index is 11.9. The van der Waals surface area contributed by atoms with Crippen molar-refractivity contribution in [2.75, 3.05) is 31.1 Å². The number of aliphatic carboxylic acids is 1. The van der Waals surface area contributed by atoms with E-state index in [1.165, 1.54) is 0 Å². The van der Waals surface area contributed by atoms with Crippen molar-refractivity contribution in [3.8, 4) is 12.3 Å². The molecule has 1 unspecified atom stereocenters. The van der Waals surface area contributed by atoms with Crippen LogP contribution < -0.4 is 5.32 Å². The van der Waals surface area contributed by atoms with Crippen molar-refractivity contribution in [1.82, 2.24) is 10.2 Å². The molecule has 1 saturated heterocycles. The van der Waals surface area contributed by atoms with E-state index in [4.69, 9.17) is 11.5 Å². The third kappa shape index (κ3) is 4.67. The summed E-state index contributed by atoms with van der Waals surface area (Å²) in [7, 11) is 0. The van der Waals surface area contributed by atoms with E-state index in [9.17, 15) is 9.59 Å². The topological polar surface area (TPSA) is 69.6 Å². The Bertz CT molecular complexity index is 327. The first kappa shape index (κ1) is 13.9. The molecule has 0 spiro atoms. The van der Waals surface area contributed by atoms with Crippen molar-refractivity contribution < 1.29 is 14.7 Å². The van der Waals surface area contributed by atoms with Crippen molar-refractivity contribution in [1.29, 1.82) is 0 Å². The van der Waals surface area contributed by atoms with Crippen molar-refractivity contribution in [2.24, 2.45) is 0 Å². The van der Waals surface area contributed by atoms with Crippen LogP contribution in [0.15, 0.2) is 0 Å². The van der Waals surface area contributed by atoms with E-state index in [-0.39, 0.29) is 24.9 Å². The Balaban J connectivity index is 2.49. The van der Waals surface area contributed by atoms with Gasteiger partial charge < -0.3 is 10.0 Å². The fourth-order valence-corrected chi connectivity index (χ4v) is 2.76. The van der Waals surface area contributed by atoms with Gasteiger partial charge in [-0.15, -0.1) is 6.42 Å². The second-order valence-corrected chi connectivity index (χ2v) is 4.87. The molecule has 5 nitrogen and oxygen atoms in total. The summed E-state index contributed by atoms with van der Waals surface area (Å²) in [6.45, 7) is 1.13. The fourth-order valence-electron chi connectivity index (χ4n) is 1.70. The van der Waals surface area contributed by atoms with E-state index in [0.29, 0.717) is 18.8 Å². The number of carbonyl (C=O) groups excluding carboxylic acids is 1. The quantitative estimate of drug-likeness (QED) is 0.519. The monoisotopic (exact) mass is 256 g/mol. The first-order chi connectivity index (χ1) is 8.15. The molecule has 1 heterocycles. The van der Waals surface area contributed by atoms with Crippen LogP contribution in [0.3, 0.4) is 0 Å². The molecule has 0 saturated carbocycles. The van der Waals surface area contributed by atoms with Crippen LogP contribution in [0.5, 0.6) is 0 Å². The lowest BCUT2D eigenvalue weighted by Gasteiger charge is -2.34. The van der Waals surface area contributed by atoms with Crippen LogP contribution in [0.2, 0.25) is 0 Å². The largest absolute Gasteiger partial charge is 0.481 e. The smallest absolute Gasteiger partial charge is 0.305 e. The lowest BCUT2D eigenvalue weighted by atomic mass is 10.2. The fraction of sp³-hybridized carbons (Fsp3) is 0.636. The van der Waals surface area contributed by atoms with Gasteiger partial charge in [0.05, 0.1) is 25.6 Å². The van der Waals surface area contributed by atoms with Gasteiger partial charge >= 0.3 is 5.97 Å². The highest BCUT2D eigenvalue weighted by Gasteiger charge is 2.28. The van der Waals surface area contributed by atoms with Crippen LogP contribution in [0.1, 0.15) is 6.42 Å². The Morgan fingerprint density at radius 2 is 2.35 bits per heavy atom. The Morgan fingerprint density at radius 3 is 3.00 bits per heavy atom. The number of terminal acetylenes is 1. The number of hydrogen-bond donors (Lipinski definition) is 2. The van der Waals surface area contributed by atoms with Gasteiger partial charge in [-0.3, -0.25) is 14.9 Å². The minimum atomic E-state index is -0.869. The summed E-state index contributed by atoms with van der Waals surface area (Å²) >= 11 is 1.68. The summed E-state index contributed by atoms with van der Waals surface area (Å²) in [6, 6.07) is -0.202. The van der Waals surface area contributed by atoms with Crippen LogP contribution in [0.4, 0.5) is 0 Å². The zero-order valence-corrected chi connectivity index (χ0v) is 10.3. The van der Waals surface area contributed by atoms with Crippen molar-refractivity contribution in [2.45, 2.75) is 12.5 Å².